The van der Waals surface area contributed by atoms with Crippen LogP contribution in [0, 0.1) is 0 Å². The third kappa shape index (κ3) is 2.66. The second kappa shape index (κ2) is 5.31. The molecule has 6 heteroatoms. The molecule has 1 atom stereocenters. The number of anilines is 1. The predicted octanol–water partition coefficient (Wildman–Crippen LogP) is 2.90. The summed E-state index contributed by atoms with van der Waals surface area (Å²) in [5.41, 5.74) is 0. The Labute approximate surface area is 107 Å². The molecule has 1 fully saturated rings. The van der Waals surface area contributed by atoms with Crippen LogP contribution in [0.4, 0.5) is 10.2 Å². The van der Waals surface area contributed by atoms with E-state index in [9.17, 15) is 4.39 Å². The molecule has 88 valence electrons. The first-order valence-corrected chi connectivity index (χ1v) is 7.18. The number of nitrogens with zero attached hydrogens (tertiary/aromatic N) is 3. The van der Waals surface area contributed by atoms with Crippen LogP contribution in [0.15, 0.2) is 15.8 Å². The van der Waals surface area contributed by atoms with Gasteiger partial charge in [-0.25, -0.2) is 14.4 Å². The molecule has 1 unspecified atom stereocenters. The number of rotatable bonds is 2. The summed E-state index contributed by atoms with van der Waals surface area (Å²) < 4.78 is 14.2. The summed E-state index contributed by atoms with van der Waals surface area (Å²) in [4.78, 5) is 10.6. The van der Waals surface area contributed by atoms with E-state index in [0.29, 0.717) is 13.0 Å². The molecule has 2 heterocycles. The van der Waals surface area contributed by atoms with Gasteiger partial charge in [-0.05, 0) is 35.0 Å². The van der Waals surface area contributed by atoms with Gasteiger partial charge in [-0.1, -0.05) is 11.8 Å². The van der Waals surface area contributed by atoms with E-state index in [1.54, 1.807) is 6.20 Å². The van der Waals surface area contributed by atoms with Gasteiger partial charge in [0.25, 0.3) is 0 Å². The second-order valence-electron chi connectivity index (χ2n) is 3.71. The highest BCUT2D eigenvalue weighted by Gasteiger charge is 2.22. The van der Waals surface area contributed by atoms with Crippen molar-refractivity contribution in [1.29, 1.82) is 0 Å². The van der Waals surface area contributed by atoms with Crippen molar-refractivity contribution in [2.24, 2.45) is 0 Å². The van der Waals surface area contributed by atoms with Crippen molar-refractivity contribution in [1.82, 2.24) is 9.97 Å². The van der Waals surface area contributed by atoms with Crippen molar-refractivity contribution in [3.8, 4) is 0 Å². The Morgan fingerprint density at radius 2 is 2.44 bits per heavy atom. The molecular formula is C10H13BrFN3S. The molecule has 3 nitrogen and oxygen atoms in total. The van der Waals surface area contributed by atoms with Gasteiger partial charge in [0, 0.05) is 12.7 Å². The fraction of sp³-hybridized carbons (Fsp3) is 0.600. The molecule has 0 bridgehead atoms. The smallest absolute Gasteiger partial charge is 0.189 e. The first-order valence-electron chi connectivity index (χ1n) is 5.16. The fourth-order valence-electron chi connectivity index (χ4n) is 1.78. The molecule has 0 N–H and O–H groups in total. The number of halogens is 2. The molecule has 1 aromatic rings. The van der Waals surface area contributed by atoms with Crippen LogP contribution in [0.3, 0.4) is 0 Å². The maximum Gasteiger partial charge on any atom is 0.189 e. The Kier molecular flexibility index (Phi) is 4.02. The minimum Gasteiger partial charge on any atom is -0.353 e. The fourth-order valence-corrected chi connectivity index (χ4v) is 2.56. The first-order chi connectivity index (χ1) is 7.70. The van der Waals surface area contributed by atoms with Gasteiger partial charge in [0.05, 0.1) is 11.0 Å². The lowest BCUT2D eigenvalue weighted by molar-refractivity contribution is 0.286. The first kappa shape index (κ1) is 12.1. The molecule has 2 rings (SSSR count). The summed E-state index contributed by atoms with van der Waals surface area (Å²) in [7, 11) is 0. The average molecular weight is 306 g/mol. The van der Waals surface area contributed by atoms with Crippen molar-refractivity contribution in [3.05, 3.63) is 10.7 Å². The summed E-state index contributed by atoms with van der Waals surface area (Å²) in [6, 6.07) is 0. The van der Waals surface area contributed by atoms with E-state index in [1.807, 2.05) is 11.2 Å². The average Bonchev–Trinajstić information content (AvgIpc) is 2.30. The molecule has 0 aromatic carbocycles. The quantitative estimate of drug-likeness (QED) is 0.620. The van der Waals surface area contributed by atoms with E-state index in [1.165, 1.54) is 11.8 Å². The molecule has 0 amide bonds. The normalized spacial score (nSPS) is 21.2. The van der Waals surface area contributed by atoms with E-state index in [0.717, 1.165) is 28.4 Å². The molecule has 0 radical (unpaired) electrons. The second-order valence-corrected chi connectivity index (χ2v) is 5.34. The van der Waals surface area contributed by atoms with Crippen molar-refractivity contribution >= 4 is 33.5 Å². The third-order valence-corrected chi connectivity index (χ3v) is 3.67. The van der Waals surface area contributed by atoms with Crippen molar-refractivity contribution in [2.45, 2.75) is 24.2 Å². The van der Waals surface area contributed by atoms with Crippen LogP contribution in [0.2, 0.25) is 0 Å². The van der Waals surface area contributed by atoms with Crippen molar-refractivity contribution in [3.63, 3.8) is 0 Å². The summed E-state index contributed by atoms with van der Waals surface area (Å²) in [6.07, 6.45) is 4.46. The largest absolute Gasteiger partial charge is 0.353 e. The zero-order chi connectivity index (χ0) is 11.5. The topological polar surface area (TPSA) is 29.0 Å². The molecule has 1 saturated heterocycles. The zero-order valence-corrected chi connectivity index (χ0v) is 11.4. The van der Waals surface area contributed by atoms with Gasteiger partial charge < -0.3 is 4.90 Å². The Morgan fingerprint density at radius 1 is 1.62 bits per heavy atom. The number of thioether (sulfide) groups is 1. The molecule has 16 heavy (non-hydrogen) atoms. The number of hydrogen-bond acceptors (Lipinski definition) is 4. The van der Waals surface area contributed by atoms with Gasteiger partial charge in [-0.2, -0.15) is 0 Å². The van der Waals surface area contributed by atoms with Gasteiger partial charge in [-0.3, -0.25) is 0 Å². The van der Waals surface area contributed by atoms with Crippen LogP contribution in [0.25, 0.3) is 0 Å². The SMILES string of the molecule is CSc1ncc(Br)c(N2CCCC(F)C2)n1. The van der Waals surface area contributed by atoms with Crippen molar-refractivity contribution in [2.75, 3.05) is 24.2 Å². The van der Waals surface area contributed by atoms with Gasteiger partial charge in [-0.15, -0.1) is 0 Å². The van der Waals surface area contributed by atoms with E-state index < -0.39 is 6.17 Å². The van der Waals surface area contributed by atoms with Gasteiger partial charge in [0.1, 0.15) is 12.0 Å². The Bertz CT molecular complexity index is 377. The zero-order valence-electron chi connectivity index (χ0n) is 8.99. The Balaban J connectivity index is 2.24. The Morgan fingerprint density at radius 3 is 3.12 bits per heavy atom. The van der Waals surface area contributed by atoms with E-state index >= 15 is 0 Å². The van der Waals surface area contributed by atoms with Crippen LogP contribution in [0.1, 0.15) is 12.8 Å². The molecule has 0 saturated carbocycles. The lowest BCUT2D eigenvalue weighted by Crippen LogP contribution is -2.37. The van der Waals surface area contributed by atoms with Crippen LogP contribution in [0.5, 0.6) is 0 Å². The highest BCUT2D eigenvalue weighted by molar-refractivity contribution is 9.10. The number of piperidine rings is 1. The summed E-state index contributed by atoms with van der Waals surface area (Å²) in [5, 5.41) is 0.721. The molecule has 1 aliphatic rings. The van der Waals surface area contributed by atoms with E-state index in [2.05, 4.69) is 25.9 Å². The Hall–Kier alpha value is -0.360. The third-order valence-electron chi connectivity index (χ3n) is 2.55. The van der Waals surface area contributed by atoms with E-state index in [-0.39, 0.29) is 0 Å². The van der Waals surface area contributed by atoms with Crippen LogP contribution >= 0.6 is 27.7 Å². The summed E-state index contributed by atoms with van der Waals surface area (Å²) in [6.45, 7) is 1.30. The van der Waals surface area contributed by atoms with Crippen LogP contribution in [-0.4, -0.2) is 35.5 Å². The summed E-state index contributed by atoms with van der Waals surface area (Å²) in [5.74, 6) is 0.807. The lowest BCUT2D eigenvalue weighted by Gasteiger charge is -2.30. The molecule has 0 spiro atoms. The molecular weight excluding hydrogens is 293 g/mol. The predicted molar refractivity (Wildman–Crippen MR) is 67.9 cm³/mol. The number of alkyl halides is 1. The standard InChI is InChI=1S/C10H13BrFN3S/c1-16-10-13-5-8(11)9(14-10)15-4-2-3-7(12)6-15/h5,7H,2-4,6H2,1H3. The highest BCUT2D eigenvalue weighted by Crippen LogP contribution is 2.28. The maximum atomic E-state index is 13.3. The van der Waals surface area contributed by atoms with Gasteiger partial charge >= 0.3 is 0 Å². The van der Waals surface area contributed by atoms with Crippen molar-refractivity contribution < 1.29 is 4.39 Å². The maximum absolute atomic E-state index is 13.3. The minimum atomic E-state index is -0.742. The monoisotopic (exact) mass is 305 g/mol. The van der Waals surface area contributed by atoms with Crippen LogP contribution < -0.4 is 4.90 Å². The van der Waals surface area contributed by atoms with Crippen LogP contribution in [-0.2, 0) is 0 Å². The summed E-state index contributed by atoms with van der Waals surface area (Å²) >= 11 is 4.91. The minimum absolute atomic E-state index is 0.434. The molecule has 0 aliphatic carbocycles. The highest BCUT2D eigenvalue weighted by atomic mass is 79.9. The number of aromatic nitrogens is 2. The van der Waals surface area contributed by atoms with Gasteiger partial charge in [0.15, 0.2) is 5.16 Å². The number of hydrogen-bond donors (Lipinski definition) is 0. The van der Waals surface area contributed by atoms with E-state index in [4.69, 9.17) is 0 Å². The van der Waals surface area contributed by atoms with Gasteiger partial charge in [0.2, 0.25) is 0 Å². The molecule has 1 aromatic heterocycles. The molecule has 1 aliphatic heterocycles. The lowest BCUT2D eigenvalue weighted by atomic mass is 10.1.